The SMILES string of the molecule is CC(=O)C1=CCCc2c([nH]c3ccc(OCc4ccccc4)cc23)C1c1ccccc1.[HH]. The van der Waals surface area contributed by atoms with Gasteiger partial charge in [-0.15, -0.1) is 0 Å². The average molecular weight is 410 g/mol. The van der Waals surface area contributed by atoms with Crippen molar-refractivity contribution < 1.29 is 11.0 Å². The van der Waals surface area contributed by atoms with Crippen LogP contribution < -0.4 is 4.74 Å². The highest BCUT2D eigenvalue weighted by atomic mass is 16.5. The molecule has 1 aliphatic rings. The number of ether oxygens (including phenoxy) is 1. The maximum atomic E-state index is 12.5. The molecule has 0 amide bonds. The maximum absolute atomic E-state index is 12.5. The fourth-order valence-corrected chi connectivity index (χ4v) is 4.58. The number of hydrogen-bond acceptors (Lipinski definition) is 2. The number of ketones is 1. The molecule has 1 heterocycles. The molecule has 3 nitrogen and oxygen atoms in total. The molecule has 0 bridgehead atoms. The highest BCUT2D eigenvalue weighted by molar-refractivity contribution is 5.97. The normalized spacial score (nSPS) is 15.8. The molecule has 0 saturated carbocycles. The van der Waals surface area contributed by atoms with Gasteiger partial charge in [0.2, 0.25) is 0 Å². The van der Waals surface area contributed by atoms with E-state index in [9.17, 15) is 4.79 Å². The summed E-state index contributed by atoms with van der Waals surface area (Å²) in [6.45, 7) is 2.21. The molecule has 31 heavy (non-hydrogen) atoms. The Morgan fingerprint density at radius 1 is 1.03 bits per heavy atom. The molecule has 1 aliphatic carbocycles. The van der Waals surface area contributed by atoms with Gasteiger partial charge in [-0.3, -0.25) is 4.79 Å². The fourth-order valence-electron chi connectivity index (χ4n) is 4.58. The molecule has 1 N–H and O–H groups in total. The van der Waals surface area contributed by atoms with Crippen molar-refractivity contribution in [2.24, 2.45) is 0 Å². The third-order valence-corrected chi connectivity index (χ3v) is 6.06. The van der Waals surface area contributed by atoms with E-state index in [1.807, 2.05) is 42.5 Å². The van der Waals surface area contributed by atoms with Crippen LogP contribution in [0.1, 0.15) is 43.1 Å². The maximum Gasteiger partial charge on any atom is 0.156 e. The molecular weight excluding hydrogens is 382 g/mol. The summed E-state index contributed by atoms with van der Waals surface area (Å²) < 4.78 is 6.08. The number of aryl methyl sites for hydroxylation is 1. The van der Waals surface area contributed by atoms with E-state index in [2.05, 4.69) is 47.5 Å². The lowest BCUT2D eigenvalue weighted by atomic mass is 9.85. The summed E-state index contributed by atoms with van der Waals surface area (Å²) in [7, 11) is 0. The van der Waals surface area contributed by atoms with Crippen LogP contribution in [0.5, 0.6) is 5.75 Å². The van der Waals surface area contributed by atoms with E-state index in [0.717, 1.165) is 46.5 Å². The number of Topliss-reactive ketones (excluding diaryl/α,β-unsaturated/α-hetero) is 1. The molecule has 4 aromatic rings. The molecule has 3 heteroatoms. The Hall–Kier alpha value is -3.59. The van der Waals surface area contributed by atoms with Crippen LogP contribution >= 0.6 is 0 Å². The molecule has 1 aromatic heterocycles. The summed E-state index contributed by atoms with van der Waals surface area (Å²) in [6.07, 6.45) is 3.88. The van der Waals surface area contributed by atoms with Gasteiger partial charge in [0.1, 0.15) is 12.4 Å². The highest BCUT2D eigenvalue weighted by Gasteiger charge is 2.29. The number of hydrogen-bond donors (Lipinski definition) is 1. The van der Waals surface area contributed by atoms with Crippen molar-refractivity contribution >= 4 is 16.7 Å². The highest BCUT2D eigenvalue weighted by Crippen LogP contribution is 2.40. The van der Waals surface area contributed by atoms with Crippen LogP contribution in [0.3, 0.4) is 0 Å². The standard InChI is InChI=1S/C28H25NO2.H2/c1-19(30)23-13-8-14-24-25-17-22(31-18-20-9-4-2-5-10-20)15-16-26(25)29-28(24)27(23)21-11-6-3-7-12-21;/h2-7,9-13,15-17,27,29H,8,14,18H2,1H3;1H. The summed E-state index contributed by atoms with van der Waals surface area (Å²) in [5.74, 6) is 0.919. The molecule has 3 aromatic carbocycles. The van der Waals surface area contributed by atoms with Gasteiger partial charge in [0.05, 0.1) is 5.92 Å². The summed E-state index contributed by atoms with van der Waals surface area (Å²) >= 11 is 0. The molecular formula is C28H27NO2. The van der Waals surface area contributed by atoms with Crippen molar-refractivity contribution in [3.63, 3.8) is 0 Å². The second-order valence-electron chi connectivity index (χ2n) is 8.10. The lowest BCUT2D eigenvalue weighted by molar-refractivity contribution is -0.113. The first-order chi connectivity index (χ1) is 15.2. The van der Waals surface area contributed by atoms with Gasteiger partial charge >= 0.3 is 0 Å². The zero-order valence-corrected chi connectivity index (χ0v) is 17.6. The lowest BCUT2D eigenvalue weighted by Gasteiger charge is -2.18. The number of carbonyl (C=O) groups excluding carboxylic acids is 1. The van der Waals surface area contributed by atoms with Crippen molar-refractivity contribution in [1.82, 2.24) is 4.98 Å². The quantitative estimate of drug-likeness (QED) is 0.404. The van der Waals surface area contributed by atoms with E-state index < -0.39 is 0 Å². The number of nitrogens with one attached hydrogen (secondary N) is 1. The van der Waals surface area contributed by atoms with Crippen LogP contribution in [-0.2, 0) is 17.8 Å². The number of aromatic amines is 1. The zero-order valence-electron chi connectivity index (χ0n) is 17.6. The number of rotatable bonds is 5. The van der Waals surface area contributed by atoms with E-state index in [0.29, 0.717) is 6.61 Å². The predicted octanol–water partition coefficient (Wildman–Crippen LogP) is 6.59. The van der Waals surface area contributed by atoms with E-state index in [-0.39, 0.29) is 13.1 Å². The van der Waals surface area contributed by atoms with E-state index in [1.54, 1.807) is 6.92 Å². The molecule has 5 rings (SSSR count). The van der Waals surface area contributed by atoms with Crippen molar-refractivity contribution in [1.29, 1.82) is 0 Å². The number of benzene rings is 3. The second kappa shape index (κ2) is 8.27. The Labute approximate surface area is 183 Å². The van der Waals surface area contributed by atoms with Crippen LogP contribution in [0.4, 0.5) is 0 Å². The third kappa shape index (κ3) is 3.79. The number of allylic oxidation sites excluding steroid dienone is 2. The third-order valence-electron chi connectivity index (χ3n) is 6.06. The van der Waals surface area contributed by atoms with Crippen molar-refractivity contribution in [2.75, 3.05) is 0 Å². The Balaban J connectivity index is 0.00000245. The second-order valence-corrected chi connectivity index (χ2v) is 8.10. The van der Waals surface area contributed by atoms with Gasteiger partial charge in [0.15, 0.2) is 5.78 Å². The van der Waals surface area contributed by atoms with Gasteiger partial charge in [-0.1, -0.05) is 66.7 Å². The Bertz CT molecular complexity index is 1260. The number of aromatic nitrogens is 1. The van der Waals surface area contributed by atoms with E-state index in [4.69, 9.17) is 4.74 Å². The first-order valence-corrected chi connectivity index (χ1v) is 10.8. The van der Waals surface area contributed by atoms with Crippen LogP contribution in [-0.4, -0.2) is 10.8 Å². The predicted molar refractivity (Wildman–Crippen MR) is 127 cm³/mol. The van der Waals surface area contributed by atoms with Crippen molar-refractivity contribution in [2.45, 2.75) is 32.3 Å². The summed E-state index contributed by atoms with van der Waals surface area (Å²) in [4.78, 5) is 16.2. The first-order valence-electron chi connectivity index (χ1n) is 10.8. The minimum Gasteiger partial charge on any atom is -0.489 e. The molecule has 0 saturated heterocycles. The van der Waals surface area contributed by atoms with Gasteiger partial charge in [-0.2, -0.15) is 0 Å². The molecule has 1 unspecified atom stereocenters. The topological polar surface area (TPSA) is 42.1 Å². The number of H-pyrrole nitrogens is 1. The summed E-state index contributed by atoms with van der Waals surface area (Å²) in [6, 6.07) is 26.7. The lowest BCUT2D eigenvalue weighted by Crippen LogP contribution is -2.11. The zero-order chi connectivity index (χ0) is 21.2. The minimum absolute atomic E-state index is 0. The number of fused-ring (bicyclic) bond motifs is 3. The van der Waals surface area contributed by atoms with Crippen molar-refractivity contribution in [3.05, 3.63) is 113 Å². The van der Waals surface area contributed by atoms with Crippen molar-refractivity contribution in [3.8, 4) is 5.75 Å². The van der Waals surface area contributed by atoms with Crippen LogP contribution in [0, 0.1) is 0 Å². The van der Waals surface area contributed by atoms with Crippen LogP contribution in [0.2, 0.25) is 0 Å². The average Bonchev–Trinajstić information content (AvgIpc) is 3.04. The number of carbonyl (C=O) groups is 1. The minimum atomic E-state index is -0.0720. The smallest absolute Gasteiger partial charge is 0.156 e. The van der Waals surface area contributed by atoms with Gasteiger partial charge in [0, 0.05) is 23.6 Å². The van der Waals surface area contributed by atoms with Crippen LogP contribution in [0.25, 0.3) is 10.9 Å². The molecule has 0 aliphatic heterocycles. The molecule has 0 spiro atoms. The Kier molecular flexibility index (Phi) is 5.17. The van der Waals surface area contributed by atoms with E-state index in [1.165, 1.54) is 10.9 Å². The van der Waals surface area contributed by atoms with E-state index >= 15 is 0 Å². The summed E-state index contributed by atoms with van der Waals surface area (Å²) in [5, 5.41) is 1.18. The monoisotopic (exact) mass is 409 g/mol. The Morgan fingerprint density at radius 3 is 2.52 bits per heavy atom. The van der Waals surface area contributed by atoms with Gasteiger partial charge in [-0.05, 0) is 54.7 Å². The molecule has 156 valence electrons. The fraction of sp³-hybridized carbons (Fsp3) is 0.179. The van der Waals surface area contributed by atoms with Gasteiger partial charge < -0.3 is 9.72 Å². The first kappa shape index (κ1) is 19.4. The molecule has 1 atom stereocenters. The largest absolute Gasteiger partial charge is 0.489 e. The molecule has 0 fully saturated rings. The summed E-state index contributed by atoms with van der Waals surface area (Å²) in [5.41, 5.74) is 6.65. The van der Waals surface area contributed by atoms with Gasteiger partial charge in [-0.25, -0.2) is 0 Å². The van der Waals surface area contributed by atoms with Crippen LogP contribution in [0.15, 0.2) is 90.5 Å². The van der Waals surface area contributed by atoms with Gasteiger partial charge in [0.25, 0.3) is 0 Å². The molecule has 0 radical (unpaired) electrons. The Morgan fingerprint density at radius 2 is 1.77 bits per heavy atom.